The van der Waals surface area contributed by atoms with Gasteiger partial charge in [0.15, 0.2) is 0 Å². The Hall–Kier alpha value is -2.65. The van der Waals surface area contributed by atoms with E-state index < -0.39 is 48.4 Å². The van der Waals surface area contributed by atoms with E-state index in [4.69, 9.17) is 16.3 Å². The summed E-state index contributed by atoms with van der Waals surface area (Å²) in [5.74, 6) is -1.43. The van der Waals surface area contributed by atoms with E-state index in [1.54, 1.807) is 24.3 Å². The zero-order valence-corrected chi connectivity index (χ0v) is 17.5. The summed E-state index contributed by atoms with van der Waals surface area (Å²) in [6.07, 6.45) is -4.21. The van der Waals surface area contributed by atoms with E-state index in [-0.39, 0.29) is 5.92 Å². The number of carbonyl (C=O) groups excluding carboxylic acids is 1. The van der Waals surface area contributed by atoms with Gasteiger partial charge in [-0.15, -0.1) is 0 Å². The number of alkyl halides is 3. The number of halogens is 4. The molecule has 10 heteroatoms. The average Bonchev–Trinajstić information content (AvgIpc) is 3.54. The van der Waals surface area contributed by atoms with Crippen molar-refractivity contribution in [2.24, 2.45) is 5.92 Å². The summed E-state index contributed by atoms with van der Waals surface area (Å²) < 4.78 is 45.0. The third kappa shape index (κ3) is 4.88. The Labute approximate surface area is 187 Å². The number of amides is 1. The Kier molecular flexibility index (Phi) is 6.13. The molecule has 0 spiro atoms. The van der Waals surface area contributed by atoms with Crippen molar-refractivity contribution in [3.63, 3.8) is 0 Å². The molecule has 1 N–H and O–H groups in total. The van der Waals surface area contributed by atoms with Crippen molar-refractivity contribution in [1.29, 1.82) is 0 Å². The second-order valence-corrected chi connectivity index (χ2v) is 8.49. The second kappa shape index (κ2) is 8.71. The minimum atomic E-state index is -4.59. The number of benzene rings is 1. The first-order valence-electron chi connectivity index (χ1n) is 10.1. The molecule has 0 unspecified atom stereocenters. The van der Waals surface area contributed by atoms with Gasteiger partial charge in [-0.25, -0.2) is 0 Å². The van der Waals surface area contributed by atoms with Crippen LogP contribution in [-0.2, 0) is 20.5 Å². The van der Waals surface area contributed by atoms with Gasteiger partial charge in [0.2, 0.25) is 0 Å². The maximum Gasteiger partial charge on any atom is 0.433 e. The van der Waals surface area contributed by atoms with E-state index in [1.807, 2.05) is 0 Å². The number of rotatable bonds is 6. The Morgan fingerprint density at radius 3 is 2.53 bits per heavy atom. The molecule has 4 rings (SSSR count). The fourth-order valence-electron chi connectivity index (χ4n) is 3.92. The molecular weight excluding hydrogens is 449 g/mol. The van der Waals surface area contributed by atoms with Crippen molar-refractivity contribution < 1.29 is 32.6 Å². The Morgan fingerprint density at radius 2 is 1.97 bits per heavy atom. The molecule has 1 aromatic carbocycles. The number of ether oxygens (including phenoxy) is 1. The summed E-state index contributed by atoms with van der Waals surface area (Å²) in [6.45, 7) is 0.362. The summed E-state index contributed by atoms with van der Waals surface area (Å²) in [6, 6.07) is 8.09. The van der Waals surface area contributed by atoms with Gasteiger partial charge in [-0.05, 0) is 48.1 Å². The fourth-order valence-corrected chi connectivity index (χ4v) is 4.12. The molecule has 170 valence electrons. The molecule has 2 aromatic rings. The third-order valence-corrected chi connectivity index (χ3v) is 5.83. The van der Waals surface area contributed by atoms with Crippen LogP contribution in [0.25, 0.3) is 0 Å². The number of carboxylic acids is 1. The molecule has 2 heterocycles. The summed E-state index contributed by atoms with van der Waals surface area (Å²) >= 11 is 6.14. The predicted octanol–water partition coefficient (Wildman–Crippen LogP) is 4.65. The van der Waals surface area contributed by atoms with Crippen LogP contribution >= 0.6 is 11.6 Å². The minimum Gasteiger partial charge on any atom is -0.481 e. The first-order valence-corrected chi connectivity index (χ1v) is 10.5. The lowest BCUT2D eigenvalue weighted by atomic mass is 9.91. The Balaban J connectivity index is 1.78. The molecule has 1 aliphatic carbocycles. The quantitative estimate of drug-likeness (QED) is 0.667. The fraction of sp³-hybridized carbons (Fsp3) is 0.409. The van der Waals surface area contributed by atoms with Crippen molar-refractivity contribution in [2.45, 2.75) is 43.7 Å². The zero-order chi connectivity index (χ0) is 23.0. The Bertz CT molecular complexity index is 1010. The molecule has 0 bridgehead atoms. The molecule has 2 fully saturated rings. The van der Waals surface area contributed by atoms with E-state index in [0.29, 0.717) is 22.7 Å². The molecule has 1 saturated heterocycles. The van der Waals surface area contributed by atoms with E-state index in [2.05, 4.69) is 4.98 Å². The number of aliphatic carboxylic acids is 1. The van der Waals surface area contributed by atoms with Crippen LogP contribution < -0.4 is 0 Å². The van der Waals surface area contributed by atoms with E-state index >= 15 is 0 Å². The molecule has 2 aliphatic rings. The van der Waals surface area contributed by atoms with Crippen LogP contribution in [0.4, 0.5) is 13.2 Å². The van der Waals surface area contributed by atoms with E-state index in [1.165, 1.54) is 11.0 Å². The average molecular weight is 469 g/mol. The highest BCUT2D eigenvalue weighted by molar-refractivity contribution is 6.30. The standard InChI is InChI=1S/C22H20ClF3N2O4/c23-15-3-1-2-13(8-15)20-19(14-6-7-17(27-10-14)22(24,25)26)28(11-12-4-5-12)21(31)16(32-20)9-18(29)30/h1-3,6-8,10,12,16,19-20H,4-5,9,11H2,(H,29,30)/t16-,19-,20-/m1/s1. The molecule has 1 amide bonds. The van der Waals surface area contributed by atoms with Crippen LogP contribution in [-0.4, -0.2) is 39.5 Å². The molecule has 1 aromatic heterocycles. The van der Waals surface area contributed by atoms with Crippen molar-refractivity contribution in [2.75, 3.05) is 6.54 Å². The molecular formula is C22H20ClF3N2O4. The lowest BCUT2D eigenvalue weighted by Gasteiger charge is -2.44. The van der Waals surface area contributed by atoms with Crippen LogP contribution in [0.15, 0.2) is 42.6 Å². The van der Waals surface area contributed by atoms with Gasteiger partial charge < -0.3 is 14.7 Å². The first kappa shape index (κ1) is 22.5. The van der Waals surface area contributed by atoms with Crippen LogP contribution in [0.3, 0.4) is 0 Å². The monoisotopic (exact) mass is 468 g/mol. The molecule has 0 radical (unpaired) electrons. The summed E-state index contributed by atoms with van der Waals surface area (Å²) in [4.78, 5) is 29.6. The van der Waals surface area contributed by atoms with Gasteiger partial charge in [-0.3, -0.25) is 14.6 Å². The Morgan fingerprint density at radius 1 is 1.22 bits per heavy atom. The predicted molar refractivity (Wildman–Crippen MR) is 108 cm³/mol. The third-order valence-electron chi connectivity index (χ3n) is 5.60. The summed E-state index contributed by atoms with van der Waals surface area (Å²) in [7, 11) is 0. The van der Waals surface area contributed by atoms with E-state index in [9.17, 15) is 27.9 Å². The number of hydrogen-bond donors (Lipinski definition) is 1. The second-order valence-electron chi connectivity index (χ2n) is 8.05. The molecule has 32 heavy (non-hydrogen) atoms. The summed E-state index contributed by atoms with van der Waals surface area (Å²) in [5, 5.41) is 9.68. The smallest absolute Gasteiger partial charge is 0.433 e. The molecule has 1 saturated carbocycles. The zero-order valence-electron chi connectivity index (χ0n) is 16.8. The normalized spacial score (nSPS) is 23.9. The topological polar surface area (TPSA) is 79.7 Å². The maximum atomic E-state index is 13.2. The van der Waals surface area contributed by atoms with Crippen molar-refractivity contribution >= 4 is 23.5 Å². The number of morpholine rings is 1. The van der Waals surface area contributed by atoms with Crippen LogP contribution in [0, 0.1) is 5.92 Å². The van der Waals surface area contributed by atoms with Crippen LogP contribution in [0.2, 0.25) is 5.02 Å². The van der Waals surface area contributed by atoms with Gasteiger partial charge >= 0.3 is 12.1 Å². The summed E-state index contributed by atoms with van der Waals surface area (Å²) in [5.41, 5.74) is -0.0852. The molecule has 1 aliphatic heterocycles. The number of carbonyl (C=O) groups is 2. The van der Waals surface area contributed by atoms with Gasteiger partial charge in [-0.1, -0.05) is 29.8 Å². The minimum absolute atomic E-state index is 0.257. The van der Waals surface area contributed by atoms with Gasteiger partial charge in [0.05, 0.1) is 12.5 Å². The first-order chi connectivity index (χ1) is 15.1. The highest BCUT2D eigenvalue weighted by Gasteiger charge is 2.46. The van der Waals surface area contributed by atoms with Gasteiger partial charge in [-0.2, -0.15) is 13.2 Å². The number of pyridine rings is 1. The molecule has 6 nitrogen and oxygen atoms in total. The van der Waals surface area contributed by atoms with Crippen molar-refractivity contribution in [3.8, 4) is 0 Å². The number of carboxylic acid groups (broad SMARTS) is 1. The van der Waals surface area contributed by atoms with Gasteiger partial charge in [0.1, 0.15) is 17.9 Å². The lowest BCUT2D eigenvalue weighted by molar-refractivity contribution is -0.179. The van der Waals surface area contributed by atoms with Crippen molar-refractivity contribution in [1.82, 2.24) is 9.88 Å². The van der Waals surface area contributed by atoms with Crippen LogP contribution in [0.5, 0.6) is 0 Å². The lowest BCUT2D eigenvalue weighted by Crippen LogP contribution is -2.52. The van der Waals surface area contributed by atoms with Crippen molar-refractivity contribution in [3.05, 3.63) is 64.4 Å². The largest absolute Gasteiger partial charge is 0.481 e. The van der Waals surface area contributed by atoms with Gasteiger partial charge in [0.25, 0.3) is 5.91 Å². The molecule has 3 atom stereocenters. The highest BCUT2D eigenvalue weighted by Crippen LogP contribution is 2.45. The SMILES string of the molecule is O=C(O)C[C@H]1O[C@H](c2cccc(Cl)c2)[C@@H](c2ccc(C(F)(F)F)nc2)N(CC2CC2)C1=O. The maximum absolute atomic E-state index is 13.2. The van der Waals surface area contributed by atoms with Gasteiger partial charge in [0, 0.05) is 17.8 Å². The number of hydrogen-bond acceptors (Lipinski definition) is 4. The highest BCUT2D eigenvalue weighted by atomic mass is 35.5. The van der Waals surface area contributed by atoms with Crippen LogP contribution in [0.1, 0.15) is 48.2 Å². The van der Waals surface area contributed by atoms with E-state index in [0.717, 1.165) is 25.1 Å². The number of nitrogens with zero attached hydrogens (tertiary/aromatic N) is 2. The number of aromatic nitrogens is 1.